The van der Waals surface area contributed by atoms with E-state index < -0.39 is 0 Å². The van der Waals surface area contributed by atoms with Crippen LogP contribution in [0.2, 0.25) is 0 Å². The van der Waals surface area contributed by atoms with Crippen molar-refractivity contribution in [2.24, 2.45) is 0 Å². The van der Waals surface area contributed by atoms with Gasteiger partial charge >= 0.3 is 0 Å². The van der Waals surface area contributed by atoms with Gasteiger partial charge in [-0.1, -0.05) is 24.3 Å². The van der Waals surface area contributed by atoms with Crippen LogP contribution in [0.5, 0.6) is 0 Å². The van der Waals surface area contributed by atoms with Crippen LogP contribution in [0.4, 0.5) is 0 Å². The summed E-state index contributed by atoms with van der Waals surface area (Å²) in [7, 11) is 0. The van der Waals surface area contributed by atoms with E-state index >= 15 is 0 Å². The Morgan fingerprint density at radius 1 is 1.11 bits per heavy atom. The van der Waals surface area contributed by atoms with Crippen LogP contribution >= 0.6 is 0 Å². The maximum atomic E-state index is 12.7. The van der Waals surface area contributed by atoms with Crippen LogP contribution in [0.1, 0.15) is 35.3 Å². The lowest BCUT2D eigenvalue weighted by molar-refractivity contribution is -0.0586. The Labute approximate surface area is 164 Å². The van der Waals surface area contributed by atoms with Crippen LogP contribution in [0.25, 0.3) is 10.9 Å². The zero-order valence-electron chi connectivity index (χ0n) is 16.3. The first-order chi connectivity index (χ1) is 13.6. The van der Waals surface area contributed by atoms with Crippen molar-refractivity contribution in [2.45, 2.75) is 39.1 Å². The molecule has 2 aromatic carbocycles. The van der Waals surface area contributed by atoms with E-state index in [1.807, 2.05) is 49.2 Å². The predicted molar refractivity (Wildman–Crippen MR) is 109 cm³/mol. The summed E-state index contributed by atoms with van der Waals surface area (Å²) in [5, 5.41) is 11.6. The molecule has 2 heterocycles. The molecule has 0 radical (unpaired) electrons. The van der Waals surface area contributed by atoms with Gasteiger partial charge < -0.3 is 15.0 Å². The number of benzene rings is 2. The van der Waals surface area contributed by atoms with E-state index in [9.17, 15) is 4.79 Å². The zero-order valence-corrected chi connectivity index (χ0v) is 16.3. The Hall–Kier alpha value is -2.70. The number of nitrogens with zero attached hydrogens (tertiary/aromatic N) is 2. The molecule has 146 valence electrons. The maximum Gasteiger partial charge on any atom is 0.254 e. The summed E-state index contributed by atoms with van der Waals surface area (Å²) in [5.74, 6) is 0.0781. The highest BCUT2D eigenvalue weighted by Gasteiger charge is 2.26. The Bertz CT molecular complexity index is 941. The van der Waals surface area contributed by atoms with Gasteiger partial charge in [0.05, 0.1) is 23.9 Å². The second-order valence-corrected chi connectivity index (χ2v) is 7.56. The van der Waals surface area contributed by atoms with Crippen LogP contribution < -0.4 is 5.32 Å². The van der Waals surface area contributed by atoms with Crippen LogP contribution in [-0.2, 0) is 17.8 Å². The molecule has 0 aliphatic carbocycles. The molecule has 1 aromatic heterocycles. The van der Waals surface area contributed by atoms with E-state index in [4.69, 9.17) is 4.74 Å². The molecule has 28 heavy (non-hydrogen) atoms. The van der Waals surface area contributed by atoms with Crippen LogP contribution in [0.15, 0.2) is 48.7 Å². The minimum Gasteiger partial charge on any atom is -0.372 e. The average molecular weight is 378 g/mol. The molecule has 2 N–H and O–H groups in total. The fourth-order valence-electron chi connectivity index (χ4n) is 3.74. The van der Waals surface area contributed by atoms with Crippen LogP contribution in [0, 0.1) is 0 Å². The molecule has 1 saturated heterocycles. The second kappa shape index (κ2) is 8.12. The monoisotopic (exact) mass is 378 g/mol. The summed E-state index contributed by atoms with van der Waals surface area (Å²) in [5.41, 5.74) is 4.14. The third-order valence-electron chi connectivity index (χ3n) is 5.07. The van der Waals surface area contributed by atoms with Gasteiger partial charge in [0.15, 0.2) is 0 Å². The first-order valence-electron chi connectivity index (χ1n) is 9.75. The third kappa shape index (κ3) is 4.24. The fraction of sp³-hybridized carbons (Fsp3) is 0.364. The van der Waals surface area contributed by atoms with E-state index in [1.165, 1.54) is 5.56 Å². The number of nitrogens with one attached hydrogen (secondary N) is 2. The van der Waals surface area contributed by atoms with Crippen molar-refractivity contribution in [1.29, 1.82) is 0 Å². The molecular weight excluding hydrogens is 352 g/mol. The number of rotatable bonds is 5. The summed E-state index contributed by atoms with van der Waals surface area (Å²) >= 11 is 0. The summed E-state index contributed by atoms with van der Waals surface area (Å²) in [6.07, 6.45) is 1.99. The van der Waals surface area contributed by atoms with Crippen molar-refractivity contribution in [3.8, 4) is 0 Å². The standard InChI is InChI=1S/C22H26N4O2/c1-15-13-26(14-16(2)28-15)22(27)19-6-3-17(4-7-19)10-23-11-18-5-8-20-12-24-25-21(20)9-18/h3-9,12,15-16,23H,10-11,13-14H2,1-2H3,(H,24,25)/t15-,16-/m0/s1. The smallest absolute Gasteiger partial charge is 0.254 e. The van der Waals surface area contributed by atoms with Crippen molar-refractivity contribution >= 4 is 16.8 Å². The van der Waals surface area contributed by atoms with Crippen molar-refractivity contribution < 1.29 is 9.53 Å². The SMILES string of the molecule is C[C@H]1CN(C(=O)c2ccc(CNCc3ccc4cn[nH]c4c3)cc2)C[C@H](C)O1. The van der Waals surface area contributed by atoms with Crippen molar-refractivity contribution in [3.63, 3.8) is 0 Å². The van der Waals surface area contributed by atoms with Gasteiger partial charge in [0.1, 0.15) is 0 Å². The molecule has 4 rings (SSSR count). The number of morpholine rings is 1. The highest BCUT2D eigenvalue weighted by molar-refractivity contribution is 5.94. The highest BCUT2D eigenvalue weighted by atomic mass is 16.5. The predicted octanol–water partition coefficient (Wildman–Crippen LogP) is 3.10. The van der Waals surface area contributed by atoms with E-state index in [2.05, 4.69) is 33.7 Å². The second-order valence-electron chi connectivity index (χ2n) is 7.56. The summed E-state index contributed by atoms with van der Waals surface area (Å²) in [4.78, 5) is 14.6. The quantitative estimate of drug-likeness (QED) is 0.716. The molecule has 1 amide bonds. The molecule has 6 heteroatoms. The lowest BCUT2D eigenvalue weighted by Crippen LogP contribution is -2.48. The molecule has 2 atom stereocenters. The number of H-pyrrole nitrogens is 1. The van der Waals surface area contributed by atoms with E-state index in [0.29, 0.717) is 13.1 Å². The lowest BCUT2D eigenvalue weighted by Gasteiger charge is -2.35. The largest absolute Gasteiger partial charge is 0.372 e. The number of amides is 1. The fourth-order valence-corrected chi connectivity index (χ4v) is 3.74. The Morgan fingerprint density at radius 3 is 2.54 bits per heavy atom. The number of aromatic nitrogens is 2. The number of carbonyl (C=O) groups excluding carboxylic acids is 1. The number of carbonyl (C=O) groups is 1. The van der Waals surface area contributed by atoms with Gasteiger partial charge in [0.25, 0.3) is 5.91 Å². The first kappa shape index (κ1) is 18.7. The molecule has 0 unspecified atom stereocenters. The van der Waals surface area contributed by atoms with Crippen LogP contribution in [-0.4, -0.2) is 46.3 Å². The summed E-state index contributed by atoms with van der Waals surface area (Å²) in [6, 6.07) is 14.2. The van der Waals surface area contributed by atoms with Gasteiger partial charge in [0, 0.05) is 37.1 Å². The molecule has 1 aliphatic heterocycles. The van der Waals surface area contributed by atoms with Gasteiger partial charge in [-0.05, 0) is 43.2 Å². The van der Waals surface area contributed by atoms with Crippen molar-refractivity contribution in [2.75, 3.05) is 13.1 Å². The van der Waals surface area contributed by atoms with E-state index in [0.717, 1.165) is 35.1 Å². The summed E-state index contributed by atoms with van der Waals surface area (Å²) < 4.78 is 5.71. The highest BCUT2D eigenvalue weighted by Crippen LogP contribution is 2.16. The topological polar surface area (TPSA) is 70.2 Å². The molecule has 0 saturated carbocycles. The number of aromatic amines is 1. The molecule has 0 bridgehead atoms. The number of fused-ring (bicyclic) bond motifs is 1. The van der Waals surface area contributed by atoms with Gasteiger partial charge in [-0.2, -0.15) is 5.10 Å². The van der Waals surface area contributed by atoms with Gasteiger partial charge in [0.2, 0.25) is 0 Å². The Morgan fingerprint density at radius 2 is 1.79 bits per heavy atom. The number of hydrogen-bond donors (Lipinski definition) is 2. The Kier molecular flexibility index (Phi) is 5.41. The number of ether oxygens (including phenoxy) is 1. The minimum atomic E-state index is 0.0781. The molecule has 6 nitrogen and oxygen atoms in total. The molecular formula is C22H26N4O2. The van der Waals surface area contributed by atoms with E-state index in [-0.39, 0.29) is 18.1 Å². The average Bonchev–Trinajstić information content (AvgIpc) is 3.15. The van der Waals surface area contributed by atoms with Gasteiger partial charge in [-0.15, -0.1) is 0 Å². The minimum absolute atomic E-state index is 0.0781. The zero-order chi connectivity index (χ0) is 19.5. The van der Waals surface area contributed by atoms with Crippen molar-refractivity contribution in [3.05, 3.63) is 65.4 Å². The first-order valence-corrected chi connectivity index (χ1v) is 9.75. The van der Waals surface area contributed by atoms with Gasteiger partial charge in [-0.3, -0.25) is 9.89 Å². The number of hydrogen-bond acceptors (Lipinski definition) is 4. The lowest BCUT2D eigenvalue weighted by atomic mass is 10.1. The normalized spacial score (nSPS) is 19.9. The third-order valence-corrected chi connectivity index (χ3v) is 5.07. The molecule has 1 fully saturated rings. The molecule has 1 aliphatic rings. The Balaban J connectivity index is 1.32. The van der Waals surface area contributed by atoms with Crippen LogP contribution in [0.3, 0.4) is 0 Å². The van der Waals surface area contributed by atoms with E-state index in [1.54, 1.807) is 0 Å². The van der Waals surface area contributed by atoms with Crippen molar-refractivity contribution in [1.82, 2.24) is 20.4 Å². The molecule has 3 aromatic rings. The van der Waals surface area contributed by atoms with Gasteiger partial charge in [-0.25, -0.2) is 0 Å². The maximum absolute atomic E-state index is 12.7. The molecule has 0 spiro atoms. The summed E-state index contributed by atoms with van der Waals surface area (Å²) in [6.45, 7) is 6.84.